The van der Waals surface area contributed by atoms with Crippen LogP contribution in [0.15, 0.2) is 0 Å². The first kappa shape index (κ1) is 14.5. The monoisotopic (exact) mass is 240 g/mol. The first-order valence-electron chi connectivity index (χ1n) is 7.17. The van der Waals surface area contributed by atoms with Crippen LogP contribution in [-0.4, -0.2) is 29.2 Å². The minimum atomic E-state index is 0.539. The zero-order chi connectivity index (χ0) is 13.2. The SMILES string of the molecule is CCC1=[N+](C(C)C)[C@H](C(C(C)C)C(C)C)CO1. The van der Waals surface area contributed by atoms with Gasteiger partial charge in [-0.05, 0) is 25.7 Å². The normalized spacial score (nSPS) is 21.2. The average Bonchev–Trinajstić information content (AvgIpc) is 2.60. The molecule has 0 aromatic carbocycles. The van der Waals surface area contributed by atoms with Crippen LogP contribution >= 0.6 is 0 Å². The molecule has 1 heterocycles. The molecule has 17 heavy (non-hydrogen) atoms. The Kier molecular flexibility index (Phi) is 5.03. The van der Waals surface area contributed by atoms with Gasteiger partial charge in [0.1, 0.15) is 0 Å². The molecule has 1 rings (SSSR count). The van der Waals surface area contributed by atoms with E-state index in [1.807, 2.05) is 0 Å². The first-order chi connectivity index (χ1) is 7.90. The van der Waals surface area contributed by atoms with E-state index in [0.29, 0.717) is 29.8 Å². The lowest BCUT2D eigenvalue weighted by atomic mass is 9.79. The second-order valence-corrected chi connectivity index (χ2v) is 6.19. The molecule has 0 saturated carbocycles. The van der Waals surface area contributed by atoms with Gasteiger partial charge in [-0.25, -0.2) is 0 Å². The Balaban J connectivity index is 3.01. The van der Waals surface area contributed by atoms with Gasteiger partial charge in [0.05, 0.1) is 6.42 Å². The predicted octanol–water partition coefficient (Wildman–Crippen LogP) is 3.54. The molecule has 0 spiro atoms. The summed E-state index contributed by atoms with van der Waals surface area (Å²) in [5, 5.41) is 0. The highest BCUT2D eigenvalue weighted by Gasteiger charge is 2.43. The van der Waals surface area contributed by atoms with Gasteiger partial charge in [0, 0.05) is 5.92 Å². The van der Waals surface area contributed by atoms with E-state index in [4.69, 9.17) is 4.74 Å². The molecule has 0 aliphatic carbocycles. The summed E-state index contributed by atoms with van der Waals surface area (Å²) in [6, 6.07) is 1.10. The number of ether oxygens (including phenoxy) is 1. The highest BCUT2D eigenvalue weighted by atomic mass is 16.5. The summed E-state index contributed by atoms with van der Waals surface area (Å²) in [5.41, 5.74) is 0. The lowest BCUT2D eigenvalue weighted by molar-refractivity contribution is -0.596. The van der Waals surface area contributed by atoms with Crippen molar-refractivity contribution in [3.05, 3.63) is 0 Å². The Morgan fingerprint density at radius 2 is 1.65 bits per heavy atom. The molecule has 0 fully saturated rings. The molecule has 1 aliphatic rings. The maximum absolute atomic E-state index is 5.91. The van der Waals surface area contributed by atoms with Crippen molar-refractivity contribution in [1.29, 1.82) is 0 Å². The zero-order valence-electron chi connectivity index (χ0n) is 12.7. The Hall–Kier alpha value is -0.530. The van der Waals surface area contributed by atoms with E-state index < -0.39 is 0 Å². The Morgan fingerprint density at radius 1 is 1.12 bits per heavy atom. The van der Waals surface area contributed by atoms with Crippen LogP contribution in [-0.2, 0) is 4.74 Å². The molecule has 0 saturated heterocycles. The molecule has 2 heteroatoms. The Labute approximate surface area is 107 Å². The molecule has 100 valence electrons. The topological polar surface area (TPSA) is 12.2 Å². The van der Waals surface area contributed by atoms with E-state index in [2.05, 4.69) is 53.0 Å². The van der Waals surface area contributed by atoms with Crippen molar-refractivity contribution in [2.24, 2.45) is 17.8 Å². The zero-order valence-corrected chi connectivity index (χ0v) is 12.7. The molecule has 2 nitrogen and oxygen atoms in total. The number of rotatable bonds is 5. The van der Waals surface area contributed by atoms with Crippen molar-refractivity contribution in [3.63, 3.8) is 0 Å². The van der Waals surface area contributed by atoms with Crippen LogP contribution in [0, 0.1) is 17.8 Å². The third-order valence-corrected chi connectivity index (χ3v) is 3.91. The number of hydrogen-bond acceptors (Lipinski definition) is 1. The molecule has 0 unspecified atom stereocenters. The van der Waals surface area contributed by atoms with E-state index in [9.17, 15) is 0 Å². The van der Waals surface area contributed by atoms with E-state index in [1.165, 1.54) is 5.90 Å². The highest BCUT2D eigenvalue weighted by Crippen LogP contribution is 2.30. The van der Waals surface area contributed by atoms with Crippen molar-refractivity contribution in [2.75, 3.05) is 6.61 Å². The molecule has 0 aromatic heterocycles. The maximum Gasteiger partial charge on any atom is 0.336 e. The van der Waals surface area contributed by atoms with Gasteiger partial charge in [0.15, 0.2) is 18.7 Å². The van der Waals surface area contributed by atoms with Gasteiger partial charge >= 0.3 is 5.90 Å². The van der Waals surface area contributed by atoms with Gasteiger partial charge in [-0.2, -0.15) is 4.58 Å². The molecule has 0 aromatic rings. The molecular formula is C15H30NO+. The largest absolute Gasteiger partial charge is 0.441 e. The van der Waals surface area contributed by atoms with Crippen molar-refractivity contribution >= 4 is 5.90 Å². The second-order valence-electron chi connectivity index (χ2n) is 6.19. The summed E-state index contributed by atoms with van der Waals surface area (Å²) in [6.45, 7) is 17.0. The smallest absolute Gasteiger partial charge is 0.336 e. The van der Waals surface area contributed by atoms with Crippen molar-refractivity contribution in [3.8, 4) is 0 Å². The molecule has 0 radical (unpaired) electrons. The van der Waals surface area contributed by atoms with Crippen LogP contribution < -0.4 is 0 Å². The summed E-state index contributed by atoms with van der Waals surface area (Å²) in [4.78, 5) is 0. The number of hydrogen-bond donors (Lipinski definition) is 0. The molecule has 0 bridgehead atoms. The summed E-state index contributed by atoms with van der Waals surface area (Å²) in [6.07, 6.45) is 1.01. The van der Waals surface area contributed by atoms with Crippen LogP contribution in [0.2, 0.25) is 0 Å². The molecule has 1 aliphatic heterocycles. The third-order valence-electron chi connectivity index (χ3n) is 3.91. The van der Waals surface area contributed by atoms with Crippen molar-refractivity contribution < 1.29 is 9.31 Å². The molecule has 1 atom stereocenters. The third kappa shape index (κ3) is 3.02. The minimum absolute atomic E-state index is 0.539. The summed E-state index contributed by atoms with van der Waals surface area (Å²) in [7, 11) is 0. The number of nitrogens with zero attached hydrogens (tertiary/aromatic N) is 1. The fraction of sp³-hybridized carbons (Fsp3) is 0.933. The van der Waals surface area contributed by atoms with Gasteiger partial charge in [-0.15, -0.1) is 0 Å². The van der Waals surface area contributed by atoms with E-state index in [1.54, 1.807) is 0 Å². The van der Waals surface area contributed by atoms with Crippen molar-refractivity contribution in [1.82, 2.24) is 0 Å². The van der Waals surface area contributed by atoms with Gasteiger partial charge < -0.3 is 4.74 Å². The standard InChI is InChI=1S/C15H30NO/c1-8-14-16(12(6)7)13(9-17-14)15(10(2)3)11(4)5/h10-13,15H,8-9H2,1-7H3/q+1/t13-/m0/s1. The fourth-order valence-electron chi connectivity index (χ4n) is 3.43. The quantitative estimate of drug-likeness (QED) is 0.669. The van der Waals surface area contributed by atoms with Crippen LogP contribution in [0.3, 0.4) is 0 Å². The maximum atomic E-state index is 5.91. The summed E-state index contributed by atoms with van der Waals surface area (Å²) < 4.78 is 8.43. The second kappa shape index (κ2) is 5.88. The summed E-state index contributed by atoms with van der Waals surface area (Å²) in [5.74, 6) is 3.32. The predicted molar refractivity (Wildman–Crippen MR) is 73.6 cm³/mol. The molecule has 0 N–H and O–H groups in total. The minimum Gasteiger partial charge on any atom is -0.441 e. The lowest BCUT2D eigenvalue weighted by Gasteiger charge is -2.28. The Bertz CT molecular complexity index is 271. The van der Waals surface area contributed by atoms with E-state index in [-0.39, 0.29) is 0 Å². The van der Waals surface area contributed by atoms with Gasteiger partial charge in [-0.3, -0.25) is 0 Å². The van der Waals surface area contributed by atoms with Crippen LogP contribution in [0.25, 0.3) is 0 Å². The molecular weight excluding hydrogens is 210 g/mol. The van der Waals surface area contributed by atoms with Crippen LogP contribution in [0.5, 0.6) is 0 Å². The highest BCUT2D eigenvalue weighted by molar-refractivity contribution is 5.71. The first-order valence-corrected chi connectivity index (χ1v) is 7.17. The van der Waals surface area contributed by atoms with E-state index >= 15 is 0 Å². The lowest BCUT2D eigenvalue weighted by Crippen LogP contribution is -2.42. The average molecular weight is 240 g/mol. The van der Waals surface area contributed by atoms with Gasteiger partial charge in [0.2, 0.25) is 0 Å². The fourth-order valence-corrected chi connectivity index (χ4v) is 3.43. The van der Waals surface area contributed by atoms with E-state index in [0.717, 1.165) is 13.0 Å². The summed E-state index contributed by atoms with van der Waals surface area (Å²) >= 11 is 0. The Morgan fingerprint density at radius 3 is 2.00 bits per heavy atom. The van der Waals surface area contributed by atoms with Crippen molar-refractivity contribution in [2.45, 2.75) is 67.0 Å². The van der Waals surface area contributed by atoms with Crippen LogP contribution in [0.1, 0.15) is 54.9 Å². The van der Waals surface area contributed by atoms with Gasteiger partial charge in [0.25, 0.3) is 0 Å². The van der Waals surface area contributed by atoms with Gasteiger partial charge in [-0.1, -0.05) is 34.6 Å². The van der Waals surface area contributed by atoms with Crippen LogP contribution in [0.4, 0.5) is 0 Å². The molecule has 0 amide bonds.